The van der Waals surface area contributed by atoms with Gasteiger partial charge in [-0.1, -0.05) is 103 Å². The van der Waals surface area contributed by atoms with Crippen LogP contribution in [-0.2, 0) is 40.5 Å². The van der Waals surface area contributed by atoms with Crippen molar-refractivity contribution < 1.29 is 33.7 Å². The fourth-order valence-corrected chi connectivity index (χ4v) is 13.6. The summed E-state index contributed by atoms with van der Waals surface area (Å²) < 4.78 is 15.3. The Bertz CT molecular complexity index is 4460. The van der Waals surface area contributed by atoms with Crippen molar-refractivity contribution in [1.29, 1.82) is 15.8 Å². The van der Waals surface area contributed by atoms with Gasteiger partial charge in [0, 0.05) is 75.3 Å². The van der Waals surface area contributed by atoms with Crippen molar-refractivity contribution in [3.63, 3.8) is 0 Å². The van der Waals surface area contributed by atoms with Gasteiger partial charge in [-0.25, -0.2) is 19.7 Å². The highest BCUT2D eigenvalue weighted by Gasteiger charge is 2.30. The van der Waals surface area contributed by atoms with Crippen molar-refractivity contribution in [2.75, 3.05) is 60.6 Å². The molecule has 9 aromatic rings. The van der Waals surface area contributed by atoms with Gasteiger partial charge in [0.1, 0.15) is 19.8 Å². The predicted molar refractivity (Wildman–Crippen MR) is 409 cm³/mol. The number of amides is 2. The zero-order valence-electron chi connectivity index (χ0n) is 61.5. The van der Waals surface area contributed by atoms with E-state index in [1.165, 1.54) is 29.5 Å². The molecule has 22 nitrogen and oxygen atoms in total. The molecule has 3 aromatic heterocycles. The molecule has 0 spiro atoms. The summed E-state index contributed by atoms with van der Waals surface area (Å²) in [5.41, 5.74) is 16.2. The van der Waals surface area contributed by atoms with Crippen molar-refractivity contribution in [2.24, 2.45) is 0 Å². The number of benzene rings is 6. The Morgan fingerprint density at radius 3 is 1.16 bits per heavy atom. The molecule has 0 saturated carbocycles. The SMILES string of the molecule is C.CCCc1cc(C)c(-c2n[nH]c(COC)n2)cc1C(=O)N1CCC(c2ccc(C#N)cc2)CC1.COCc1nc(-c2cc(C(=O)N3CCC(c4ccc(C#N)cc4)CC3)c(C(C)C)cc2C)n[nH]1.COCc1nc(-c2cc(C(=O)O)c(C(C)C)cc2C)n[nH]1.Cl.N#Cc1ccc(C2CCNCC2)cc1. The van der Waals surface area contributed by atoms with Gasteiger partial charge >= 0.3 is 5.97 Å². The number of likely N-dealkylation sites (tertiary alicyclic amines) is 2. The van der Waals surface area contributed by atoms with Crippen LogP contribution >= 0.6 is 12.4 Å². The van der Waals surface area contributed by atoms with Crippen molar-refractivity contribution >= 4 is 30.2 Å². The molecule has 6 aromatic carbocycles. The van der Waals surface area contributed by atoms with E-state index in [-0.39, 0.29) is 43.5 Å². The summed E-state index contributed by atoms with van der Waals surface area (Å²) in [6.45, 7) is 22.5. The highest BCUT2D eigenvalue weighted by Crippen LogP contribution is 2.36. The summed E-state index contributed by atoms with van der Waals surface area (Å²) in [7, 11) is 4.81. The lowest BCUT2D eigenvalue weighted by molar-refractivity contribution is 0.0689. The summed E-state index contributed by atoms with van der Waals surface area (Å²) in [5.74, 6) is 4.64. The molecule has 3 aliphatic rings. The molecule has 0 unspecified atom stereocenters. The Morgan fingerprint density at radius 1 is 0.505 bits per heavy atom. The van der Waals surface area contributed by atoms with Gasteiger partial charge in [0.05, 0.1) is 40.5 Å². The van der Waals surface area contributed by atoms with Crippen LogP contribution < -0.4 is 5.32 Å². The fourth-order valence-electron chi connectivity index (χ4n) is 13.6. The number of nitrogens with zero attached hydrogens (tertiary/aromatic N) is 11. The first kappa shape index (κ1) is 82.0. The molecule has 552 valence electrons. The third-order valence-corrected chi connectivity index (χ3v) is 19.3. The third-order valence-electron chi connectivity index (χ3n) is 19.3. The quantitative estimate of drug-likeness (QED) is 0.0502. The fraction of sp³-hybridized carbons (Fsp3) is 0.415. The van der Waals surface area contributed by atoms with Gasteiger partial charge in [0.2, 0.25) is 0 Å². The number of aromatic nitrogens is 9. The summed E-state index contributed by atoms with van der Waals surface area (Å²) >= 11 is 0. The van der Waals surface area contributed by atoms with Crippen molar-refractivity contribution in [2.45, 2.75) is 164 Å². The van der Waals surface area contributed by atoms with E-state index < -0.39 is 5.97 Å². The van der Waals surface area contributed by atoms with Gasteiger partial charge in [-0.2, -0.15) is 31.1 Å². The second kappa shape index (κ2) is 39.6. The highest BCUT2D eigenvalue weighted by atomic mass is 35.5. The highest BCUT2D eigenvalue weighted by molar-refractivity contribution is 5.98. The number of aromatic amines is 3. The standard InChI is InChI=1S/2C27H31N5O2.C15H19N3O3.C12H14N2.CH4.ClH/c1-17(2)22-13-18(3)23(26-29-25(16-34-4)30-31-26)14-24(22)27(33)32-11-9-21(10-12-32)20-7-5-19(15-28)6-8-20;1-4-5-22-14-18(2)23(26-29-25(17-34-3)30-31-26)15-24(22)27(33)32-12-10-21(11-13-32)20-8-6-19(16-28)7-9-20;1-8(2)10-5-9(3)11(6-12(10)15(19)20)14-16-13(7-21-4)17-18-14;13-9-10-1-3-11(4-2-10)12-5-7-14-8-6-12;;/h5-8,13-14,17,21H,9-12,16H2,1-4H3,(H,29,30,31);6-9,14-15,21H,4-5,10-13,17H2,1-3H3,(H,29,30,31);5-6,8H,7H2,1-4H3,(H,19,20)(H,16,17,18);1-4,12,14H,5-8H2;1H4;1H. The number of aromatic carboxylic acids is 1. The number of carbonyl (C=O) groups is 3. The zero-order valence-corrected chi connectivity index (χ0v) is 62.3. The lowest BCUT2D eigenvalue weighted by Gasteiger charge is -2.33. The van der Waals surface area contributed by atoms with E-state index in [1.54, 1.807) is 27.4 Å². The summed E-state index contributed by atoms with van der Waals surface area (Å²) in [5, 5.41) is 60.9. The molecule has 3 aliphatic heterocycles. The minimum absolute atomic E-state index is 0. The molecule has 3 fully saturated rings. The van der Waals surface area contributed by atoms with Crippen LogP contribution in [0.2, 0.25) is 0 Å². The Kier molecular flexibility index (Phi) is 30.9. The molecule has 12 rings (SSSR count). The Morgan fingerprint density at radius 2 is 0.829 bits per heavy atom. The van der Waals surface area contributed by atoms with Crippen LogP contribution in [0.25, 0.3) is 34.2 Å². The largest absolute Gasteiger partial charge is 0.478 e. The number of hydrogen-bond acceptors (Lipinski definition) is 16. The van der Waals surface area contributed by atoms with Crippen LogP contribution in [0.4, 0.5) is 0 Å². The first-order valence-electron chi connectivity index (χ1n) is 35.5. The molecule has 0 aliphatic carbocycles. The van der Waals surface area contributed by atoms with Crippen LogP contribution in [0.15, 0.2) is 109 Å². The molecule has 5 N–H and O–H groups in total. The number of methoxy groups -OCH3 is 3. The number of nitrogens with one attached hydrogen (secondary N) is 4. The topological polar surface area (TPSA) is 314 Å². The van der Waals surface area contributed by atoms with Gasteiger partial charge in [-0.3, -0.25) is 24.9 Å². The summed E-state index contributed by atoms with van der Waals surface area (Å²) in [6, 6.07) is 41.8. The number of halogens is 1. The van der Waals surface area contributed by atoms with Gasteiger partial charge in [0.15, 0.2) is 34.9 Å². The number of carboxylic acids is 1. The maximum atomic E-state index is 13.7. The molecule has 3 saturated heterocycles. The van der Waals surface area contributed by atoms with Crippen molar-refractivity contribution in [3.05, 3.63) is 210 Å². The molecule has 6 heterocycles. The molecule has 0 atom stereocenters. The molecular formula is C82H100ClN15O7. The van der Waals surface area contributed by atoms with Crippen LogP contribution in [0.5, 0.6) is 0 Å². The van der Waals surface area contributed by atoms with E-state index in [4.69, 9.17) is 30.0 Å². The third kappa shape index (κ3) is 21.2. The van der Waals surface area contributed by atoms with E-state index in [2.05, 4.69) is 114 Å². The molecular weight excluding hydrogens is 1340 g/mol. The predicted octanol–water partition coefficient (Wildman–Crippen LogP) is 15.5. The first-order chi connectivity index (χ1) is 49.8. The number of ether oxygens (including phenoxy) is 3. The van der Waals surface area contributed by atoms with Gasteiger partial charge in [-0.15, -0.1) is 12.4 Å². The Labute approximate surface area is 623 Å². The maximum Gasteiger partial charge on any atom is 0.335 e. The molecule has 0 radical (unpaired) electrons. The molecule has 105 heavy (non-hydrogen) atoms. The second-order valence-corrected chi connectivity index (χ2v) is 27.2. The van der Waals surface area contributed by atoms with E-state index in [0.29, 0.717) is 102 Å². The van der Waals surface area contributed by atoms with Crippen LogP contribution in [0.3, 0.4) is 0 Å². The number of hydrogen-bond donors (Lipinski definition) is 5. The first-order valence-corrected chi connectivity index (χ1v) is 35.5. The molecule has 0 bridgehead atoms. The van der Waals surface area contributed by atoms with Crippen molar-refractivity contribution in [1.82, 2.24) is 60.7 Å². The number of carboxylic acid groups (broad SMARTS) is 1. The average molecular weight is 1440 g/mol. The van der Waals surface area contributed by atoms with Crippen LogP contribution in [0, 0.1) is 54.8 Å². The minimum atomic E-state index is -0.937. The number of rotatable bonds is 19. The lowest BCUT2D eigenvalue weighted by atomic mass is 9.87. The van der Waals surface area contributed by atoms with E-state index in [1.807, 2.05) is 123 Å². The van der Waals surface area contributed by atoms with Crippen LogP contribution in [-0.4, -0.2) is 139 Å². The Hall–Kier alpha value is -10.3. The van der Waals surface area contributed by atoms with Crippen molar-refractivity contribution in [3.8, 4) is 52.4 Å². The number of carbonyl (C=O) groups excluding carboxylic acids is 2. The van der Waals surface area contributed by atoms with Crippen LogP contribution in [0.1, 0.15) is 232 Å². The molecule has 23 heteroatoms. The van der Waals surface area contributed by atoms with Gasteiger partial charge in [0.25, 0.3) is 11.8 Å². The molecule has 2 amide bonds. The minimum Gasteiger partial charge on any atom is -0.478 e. The number of nitriles is 3. The number of piperidine rings is 3. The summed E-state index contributed by atoms with van der Waals surface area (Å²) in [4.78, 5) is 56.1. The smallest absolute Gasteiger partial charge is 0.335 e. The average Bonchev–Trinajstić information content (AvgIpc) is 1.73. The van der Waals surface area contributed by atoms with E-state index in [0.717, 1.165) is 131 Å². The van der Waals surface area contributed by atoms with E-state index >= 15 is 0 Å². The Balaban J connectivity index is 0.000000204. The van der Waals surface area contributed by atoms with Gasteiger partial charge < -0.3 is 34.4 Å². The number of aryl methyl sites for hydroxylation is 4. The van der Waals surface area contributed by atoms with E-state index in [9.17, 15) is 19.5 Å². The number of H-pyrrole nitrogens is 3. The summed E-state index contributed by atoms with van der Waals surface area (Å²) in [6.07, 6.45) is 7.91. The zero-order chi connectivity index (χ0) is 73.7. The van der Waals surface area contributed by atoms with Gasteiger partial charge in [-0.05, 0) is 213 Å². The monoisotopic (exact) mass is 1440 g/mol. The maximum absolute atomic E-state index is 13.7. The normalized spacial score (nSPS) is 13.8. The second-order valence-electron chi connectivity index (χ2n) is 27.2. The lowest BCUT2D eigenvalue weighted by Crippen LogP contribution is -2.38.